The predicted octanol–water partition coefficient (Wildman–Crippen LogP) is 6.38. The molecular weight excluding hydrogens is 413 g/mol. The molecule has 4 aliphatic rings. The van der Waals surface area contributed by atoms with Crippen LogP contribution in [0.1, 0.15) is 69.9 Å². The van der Waals surface area contributed by atoms with Gasteiger partial charge < -0.3 is 10.2 Å². The summed E-state index contributed by atoms with van der Waals surface area (Å²) in [5.41, 5.74) is 2.41. The molecule has 7 atom stereocenters. The van der Waals surface area contributed by atoms with E-state index in [-0.39, 0.29) is 16.9 Å². The van der Waals surface area contributed by atoms with E-state index >= 15 is 0 Å². The van der Waals surface area contributed by atoms with Gasteiger partial charge in [-0.1, -0.05) is 43.7 Å². The first-order valence-corrected chi connectivity index (χ1v) is 12.0. The van der Waals surface area contributed by atoms with Crippen LogP contribution < -0.4 is 0 Å². The lowest BCUT2D eigenvalue weighted by Gasteiger charge is -2.57. The highest BCUT2D eigenvalue weighted by atomic mass is 19.4. The van der Waals surface area contributed by atoms with Gasteiger partial charge in [0.2, 0.25) is 0 Å². The van der Waals surface area contributed by atoms with Crippen LogP contribution in [0.3, 0.4) is 0 Å². The molecule has 1 aromatic rings. The second-order valence-corrected chi connectivity index (χ2v) is 11.1. The summed E-state index contributed by atoms with van der Waals surface area (Å²) < 4.78 is 38.7. The average molecular weight is 447 g/mol. The number of halogens is 3. The van der Waals surface area contributed by atoms with Crippen molar-refractivity contribution in [1.82, 2.24) is 0 Å². The van der Waals surface area contributed by atoms with Gasteiger partial charge in [-0.15, -0.1) is 0 Å². The Hall–Kier alpha value is -1.59. The second-order valence-electron chi connectivity index (χ2n) is 11.1. The minimum absolute atomic E-state index is 0.147. The number of hydrogen-bond donors (Lipinski definition) is 2. The van der Waals surface area contributed by atoms with Crippen molar-refractivity contribution in [2.24, 2.45) is 28.6 Å². The summed E-state index contributed by atoms with van der Waals surface area (Å²) in [5, 5.41) is 21.5. The Morgan fingerprint density at radius 2 is 1.69 bits per heavy atom. The third kappa shape index (κ3) is 3.38. The Labute approximate surface area is 188 Å². The molecule has 0 aromatic heterocycles. The molecule has 0 amide bonds. The Balaban J connectivity index is 1.42. The van der Waals surface area contributed by atoms with Crippen LogP contribution >= 0.6 is 0 Å². The molecule has 0 spiro atoms. The van der Waals surface area contributed by atoms with Gasteiger partial charge in [0.1, 0.15) is 0 Å². The summed E-state index contributed by atoms with van der Waals surface area (Å²) in [6, 6.07) is 5.23. The topological polar surface area (TPSA) is 40.5 Å². The first-order valence-electron chi connectivity index (χ1n) is 12.0. The molecule has 3 saturated carbocycles. The third-order valence-corrected chi connectivity index (χ3v) is 9.54. The van der Waals surface area contributed by atoms with Crippen molar-refractivity contribution in [2.45, 2.75) is 77.2 Å². The van der Waals surface area contributed by atoms with E-state index < -0.39 is 17.8 Å². The Morgan fingerprint density at radius 1 is 0.969 bits per heavy atom. The second kappa shape index (κ2) is 7.46. The zero-order valence-corrected chi connectivity index (χ0v) is 18.8. The molecule has 7 unspecified atom stereocenters. The first-order chi connectivity index (χ1) is 15.0. The number of aliphatic hydroxyl groups is 2. The summed E-state index contributed by atoms with van der Waals surface area (Å²) in [6.45, 7) is 4.59. The van der Waals surface area contributed by atoms with Crippen molar-refractivity contribution in [1.29, 1.82) is 0 Å². The maximum atomic E-state index is 12.9. The van der Waals surface area contributed by atoms with Gasteiger partial charge in [0.05, 0.1) is 17.8 Å². The summed E-state index contributed by atoms with van der Waals surface area (Å²) in [6.07, 6.45) is 5.73. The zero-order chi connectivity index (χ0) is 22.9. The van der Waals surface area contributed by atoms with E-state index in [2.05, 4.69) is 19.9 Å². The fraction of sp³-hybridized carbons (Fsp3) is 0.630. The molecule has 0 radical (unpaired) electrons. The highest BCUT2D eigenvalue weighted by Gasteiger charge is 2.59. The number of allylic oxidation sites excluding steroid dienone is 1. The highest BCUT2D eigenvalue weighted by molar-refractivity contribution is 5.56. The van der Waals surface area contributed by atoms with Crippen molar-refractivity contribution in [2.75, 3.05) is 0 Å². The van der Waals surface area contributed by atoms with Gasteiger partial charge in [-0.2, -0.15) is 13.2 Å². The van der Waals surface area contributed by atoms with E-state index in [9.17, 15) is 23.4 Å². The van der Waals surface area contributed by atoms with Gasteiger partial charge in [-0.25, -0.2) is 0 Å². The van der Waals surface area contributed by atoms with E-state index in [1.54, 1.807) is 0 Å². The Morgan fingerprint density at radius 3 is 2.38 bits per heavy atom. The molecule has 5 rings (SSSR count). The lowest BCUT2D eigenvalue weighted by Crippen LogP contribution is -2.51. The van der Waals surface area contributed by atoms with Gasteiger partial charge in [0, 0.05) is 5.41 Å². The fourth-order valence-corrected chi connectivity index (χ4v) is 7.62. The molecule has 0 heterocycles. The normalized spacial score (nSPS) is 42.8. The maximum absolute atomic E-state index is 12.9. The Kier molecular flexibility index (Phi) is 5.18. The van der Waals surface area contributed by atoms with E-state index in [1.165, 1.54) is 17.7 Å². The molecule has 0 aliphatic heterocycles. The number of alkyl halides is 3. The molecular formula is C27H33F3O2. The fourth-order valence-electron chi connectivity index (χ4n) is 7.62. The van der Waals surface area contributed by atoms with Gasteiger partial charge in [-0.05, 0) is 91.4 Å². The SMILES string of the molecule is CC12CCC(O)CC1=CCC1C2CCC2(C)C(O)/C(=C/c3ccc(C(F)(F)F)cc3)CC12. The maximum Gasteiger partial charge on any atom is 0.416 e. The molecule has 174 valence electrons. The van der Waals surface area contributed by atoms with E-state index in [0.29, 0.717) is 23.3 Å². The molecule has 2 nitrogen and oxygen atoms in total. The van der Waals surface area contributed by atoms with Crippen LogP contribution in [0.5, 0.6) is 0 Å². The molecule has 0 saturated heterocycles. The molecule has 2 N–H and O–H groups in total. The van der Waals surface area contributed by atoms with E-state index in [4.69, 9.17) is 0 Å². The summed E-state index contributed by atoms with van der Waals surface area (Å²) in [5.74, 6) is 1.45. The average Bonchev–Trinajstić information content (AvgIpc) is 2.99. The van der Waals surface area contributed by atoms with Gasteiger partial charge in [0.15, 0.2) is 0 Å². The van der Waals surface area contributed by atoms with Crippen LogP contribution in [0.15, 0.2) is 41.5 Å². The molecule has 32 heavy (non-hydrogen) atoms. The minimum Gasteiger partial charge on any atom is -0.393 e. The molecule has 0 bridgehead atoms. The molecule has 3 fully saturated rings. The molecule has 5 heteroatoms. The van der Waals surface area contributed by atoms with Crippen LogP contribution in [0, 0.1) is 28.6 Å². The molecule has 1 aromatic carbocycles. The number of rotatable bonds is 1. The number of aliphatic hydroxyl groups excluding tert-OH is 2. The monoisotopic (exact) mass is 446 g/mol. The van der Waals surface area contributed by atoms with Crippen molar-refractivity contribution in [3.8, 4) is 0 Å². The summed E-state index contributed by atoms with van der Waals surface area (Å²) in [7, 11) is 0. The highest BCUT2D eigenvalue weighted by Crippen LogP contribution is 2.65. The summed E-state index contributed by atoms with van der Waals surface area (Å²) in [4.78, 5) is 0. The van der Waals surface area contributed by atoms with Crippen LogP contribution in [0.4, 0.5) is 13.2 Å². The van der Waals surface area contributed by atoms with E-state index in [0.717, 1.165) is 62.7 Å². The quantitative estimate of drug-likeness (QED) is 0.491. The van der Waals surface area contributed by atoms with Gasteiger partial charge in [0.25, 0.3) is 0 Å². The number of hydrogen-bond acceptors (Lipinski definition) is 2. The van der Waals surface area contributed by atoms with Gasteiger partial charge in [-0.3, -0.25) is 0 Å². The van der Waals surface area contributed by atoms with Crippen LogP contribution in [0.2, 0.25) is 0 Å². The van der Waals surface area contributed by atoms with Crippen molar-refractivity contribution in [3.05, 3.63) is 52.6 Å². The van der Waals surface area contributed by atoms with Gasteiger partial charge >= 0.3 is 6.18 Å². The summed E-state index contributed by atoms with van der Waals surface area (Å²) >= 11 is 0. The van der Waals surface area contributed by atoms with Crippen molar-refractivity contribution >= 4 is 6.08 Å². The van der Waals surface area contributed by atoms with Crippen molar-refractivity contribution in [3.63, 3.8) is 0 Å². The number of benzene rings is 1. The Bertz CT molecular complexity index is 947. The first kappa shape index (κ1) is 22.2. The van der Waals surface area contributed by atoms with Crippen LogP contribution in [-0.2, 0) is 6.18 Å². The van der Waals surface area contributed by atoms with E-state index in [1.807, 2.05) is 6.08 Å². The van der Waals surface area contributed by atoms with Crippen LogP contribution in [0.25, 0.3) is 6.08 Å². The zero-order valence-electron chi connectivity index (χ0n) is 18.8. The van der Waals surface area contributed by atoms with Crippen LogP contribution in [-0.4, -0.2) is 22.4 Å². The molecule has 4 aliphatic carbocycles. The largest absolute Gasteiger partial charge is 0.416 e. The number of fused-ring (bicyclic) bond motifs is 5. The lowest BCUT2D eigenvalue weighted by atomic mass is 9.48. The smallest absolute Gasteiger partial charge is 0.393 e. The third-order valence-electron chi connectivity index (χ3n) is 9.54. The standard InChI is InChI=1S/C27H33F3O2/c1-25-11-9-20(31)15-19(25)7-8-21-22(25)10-12-26(2)23(21)14-17(24(26)32)13-16-3-5-18(6-4-16)27(28,29)30/h3-7,13,20-24,31-32H,8-12,14-15H2,1-2H3/b17-13+. The predicted molar refractivity (Wildman–Crippen MR) is 119 cm³/mol. The minimum atomic E-state index is -4.34. The van der Waals surface area contributed by atoms with Crippen molar-refractivity contribution < 1.29 is 23.4 Å². The lowest BCUT2D eigenvalue weighted by molar-refractivity contribution is -0.137.